The number of hydrogen-bond acceptors (Lipinski definition) is 3. The van der Waals surface area contributed by atoms with Crippen LogP contribution in [0.25, 0.3) is 0 Å². The maximum atomic E-state index is 13.1. The molecule has 104 valence electrons. The average Bonchev–Trinajstić information content (AvgIpc) is 2.41. The van der Waals surface area contributed by atoms with Gasteiger partial charge in [0.25, 0.3) is 5.56 Å². The van der Waals surface area contributed by atoms with Gasteiger partial charge in [-0.2, -0.15) is 0 Å². The maximum Gasteiger partial charge on any atom is 0.339 e. The highest BCUT2D eigenvalue weighted by molar-refractivity contribution is 5.90. The number of carbonyl (C=O) groups is 1. The van der Waals surface area contributed by atoms with E-state index in [2.05, 4.69) is 9.72 Å². The number of rotatable bonds is 3. The number of aromatic amines is 1. The fourth-order valence-electron chi connectivity index (χ4n) is 1.99. The second-order valence-electron chi connectivity index (χ2n) is 4.46. The van der Waals surface area contributed by atoms with Crippen LogP contribution >= 0.6 is 0 Å². The molecule has 4 nitrogen and oxygen atoms in total. The molecule has 0 spiro atoms. The molecule has 1 aromatic heterocycles. The lowest BCUT2D eigenvalue weighted by Gasteiger charge is -2.07. The third kappa shape index (κ3) is 2.93. The van der Waals surface area contributed by atoms with Crippen LogP contribution in [-0.4, -0.2) is 18.1 Å². The van der Waals surface area contributed by atoms with Crippen LogP contribution in [0, 0.1) is 12.7 Å². The molecule has 1 aromatic carbocycles. The van der Waals surface area contributed by atoms with Crippen molar-refractivity contribution in [2.24, 2.45) is 0 Å². The Balaban J connectivity index is 2.42. The smallest absolute Gasteiger partial charge is 0.339 e. The van der Waals surface area contributed by atoms with E-state index in [9.17, 15) is 14.0 Å². The predicted molar refractivity (Wildman–Crippen MR) is 72.3 cm³/mol. The van der Waals surface area contributed by atoms with Crippen molar-refractivity contribution in [2.45, 2.75) is 13.3 Å². The summed E-state index contributed by atoms with van der Waals surface area (Å²) < 4.78 is 17.8. The zero-order valence-electron chi connectivity index (χ0n) is 11.2. The molecule has 0 saturated carbocycles. The molecule has 2 rings (SSSR count). The molecule has 0 saturated heterocycles. The van der Waals surface area contributed by atoms with Crippen molar-refractivity contribution < 1.29 is 13.9 Å². The van der Waals surface area contributed by atoms with E-state index in [0.29, 0.717) is 22.4 Å². The molecule has 2 aromatic rings. The van der Waals surface area contributed by atoms with Gasteiger partial charge in [0.15, 0.2) is 0 Å². The van der Waals surface area contributed by atoms with Gasteiger partial charge in [-0.05, 0) is 30.7 Å². The number of carbonyl (C=O) groups excluding carboxylic acids is 1. The molecule has 0 atom stereocenters. The zero-order valence-corrected chi connectivity index (χ0v) is 11.2. The molecule has 0 bridgehead atoms. The maximum absolute atomic E-state index is 13.1. The molecule has 0 radical (unpaired) electrons. The van der Waals surface area contributed by atoms with Gasteiger partial charge in [0.1, 0.15) is 5.82 Å². The van der Waals surface area contributed by atoms with Gasteiger partial charge in [-0.1, -0.05) is 12.1 Å². The van der Waals surface area contributed by atoms with E-state index in [1.807, 2.05) is 0 Å². The number of halogens is 1. The van der Waals surface area contributed by atoms with Crippen LogP contribution < -0.4 is 5.56 Å². The van der Waals surface area contributed by atoms with Gasteiger partial charge in [0.05, 0.1) is 12.7 Å². The Labute approximate surface area is 115 Å². The minimum Gasteiger partial charge on any atom is -0.465 e. The standard InChI is InChI=1S/C15H14FNO3/c1-9-13(15(19)20-2)8-11(14(18)17-9)6-10-4-3-5-12(16)7-10/h3-5,7-8H,6H2,1-2H3,(H,17,18). The van der Waals surface area contributed by atoms with Gasteiger partial charge in [0.2, 0.25) is 0 Å². The van der Waals surface area contributed by atoms with Crippen molar-refractivity contribution in [3.63, 3.8) is 0 Å². The van der Waals surface area contributed by atoms with Crippen molar-refractivity contribution in [3.05, 3.63) is 68.9 Å². The molecule has 0 unspecified atom stereocenters. The van der Waals surface area contributed by atoms with E-state index in [4.69, 9.17) is 0 Å². The summed E-state index contributed by atoms with van der Waals surface area (Å²) in [6.45, 7) is 1.62. The Morgan fingerprint density at radius 2 is 2.10 bits per heavy atom. The SMILES string of the molecule is COC(=O)c1cc(Cc2cccc(F)c2)c(=O)[nH]c1C. The van der Waals surface area contributed by atoms with Gasteiger partial charge in [0, 0.05) is 17.7 Å². The van der Waals surface area contributed by atoms with E-state index in [1.54, 1.807) is 19.1 Å². The fraction of sp³-hybridized carbons (Fsp3) is 0.200. The highest BCUT2D eigenvalue weighted by Gasteiger charge is 2.13. The van der Waals surface area contributed by atoms with Crippen LogP contribution in [0.1, 0.15) is 27.2 Å². The highest BCUT2D eigenvalue weighted by Crippen LogP contribution is 2.12. The van der Waals surface area contributed by atoms with E-state index in [-0.39, 0.29) is 17.8 Å². The molecule has 0 aliphatic heterocycles. The summed E-state index contributed by atoms with van der Waals surface area (Å²) in [7, 11) is 1.28. The van der Waals surface area contributed by atoms with Crippen LogP contribution in [0.5, 0.6) is 0 Å². The Morgan fingerprint density at radius 3 is 2.75 bits per heavy atom. The minimum atomic E-state index is -0.515. The van der Waals surface area contributed by atoms with Crippen molar-refractivity contribution >= 4 is 5.97 Å². The number of esters is 1. The van der Waals surface area contributed by atoms with Gasteiger partial charge < -0.3 is 9.72 Å². The molecule has 0 aliphatic carbocycles. The molecule has 1 heterocycles. The van der Waals surface area contributed by atoms with E-state index in [1.165, 1.54) is 25.3 Å². The number of aromatic nitrogens is 1. The van der Waals surface area contributed by atoms with E-state index >= 15 is 0 Å². The summed E-state index contributed by atoms with van der Waals surface area (Å²) >= 11 is 0. The lowest BCUT2D eigenvalue weighted by atomic mass is 10.0. The third-order valence-corrected chi connectivity index (χ3v) is 3.00. The van der Waals surface area contributed by atoms with Gasteiger partial charge in [-0.25, -0.2) is 9.18 Å². The van der Waals surface area contributed by atoms with Crippen LogP contribution in [0.15, 0.2) is 35.1 Å². The van der Waals surface area contributed by atoms with Crippen molar-refractivity contribution in [3.8, 4) is 0 Å². The van der Waals surface area contributed by atoms with Crippen LogP contribution in [-0.2, 0) is 11.2 Å². The van der Waals surface area contributed by atoms with Crippen molar-refractivity contribution in [2.75, 3.05) is 7.11 Å². The Morgan fingerprint density at radius 1 is 1.35 bits per heavy atom. The quantitative estimate of drug-likeness (QED) is 0.874. The van der Waals surface area contributed by atoms with Gasteiger partial charge in [-0.15, -0.1) is 0 Å². The number of aryl methyl sites for hydroxylation is 1. The average molecular weight is 275 g/mol. The molecular formula is C15H14FNO3. The molecule has 0 aliphatic rings. The first-order valence-electron chi connectivity index (χ1n) is 6.07. The number of nitrogens with one attached hydrogen (secondary N) is 1. The first-order chi connectivity index (χ1) is 9.51. The fourth-order valence-corrected chi connectivity index (χ4v) is 1.99. The molecule has 0 fully saturated rings. The summed E-state index contributed by atoms with van der Waals surface area (Å²) in [6, 6.07) is 7.49. The monoisotopic (exact) mass is 275 g/mol. The lowest BCUT2D eigenvalue weighted by Crippen LogP contribution is -2.18. The van der Waals surface area contributed by atoms with Gasteiger partial charge in [-0.3, -0.25) is 4.79 Å². The molecule has 5 heteroatoms. The Kier molecular flexibility index (Phi) is 3.98. The summed E-state index contributed by atoms with van der Waals surface area (Å²) in [5.41, 5.74) is 1.51. The third-order valence-electron chi connectivity index (χ3n) is 3.00. The zero-order chi connectivity index (χ0) is 14.7. The number of methoxy groups -OCH3 is 1. The summed E-state index contributed by atoms with van der Waals surface area (Å²) in [4.78, 5) is 26.1. The first kappa shape index (κ1) is 14.0. The topological polar surface area (TPSA) is 59.2 Å². The first-order valence-corrected chi connectivity index (χ1v) is 6.07. The second kappa shape index (κ2) is 5.69. The summed E-state index contributed by atoms with van der Waals surface area (Å²) in [5, 5.41) is 0. The number of benzene rings is 1. The molecule has 20 heavy (non-hydrogen) atoms. The number of H-pyrrole nitrogens is 1. The highest BCUT2D eigenvalue weighted by atomic mass is 19.1. The van der Waals surface area contributed by atoms with E-state index < -0.39 is 5.97 Å². The van der Waals surface area contributed by atoms with Crippen molar-refractivity contribution in [1.29, 1.82) is 0 Å². The van der Waals surface area contributed by atoms with E-state index in [0.717, 1.165) is 0 Å². The molecule has 1 N–H and O–H groups in total. The second-order valence-corrected chi connectivity index (χ2v) is 4.46. The number of pyridine rings is 1. The molecule has 0 amide bonds. The summed E-state index contributed by atoms with van der Waals surface area (Å²) in [6.07, 6.45) is 0.247. The minimum absolute atomic E-state index is 0.247. The number of hydrogen-bond donors (Lipinski definition) is 1. The number of ether oxygens (including phenoxy) is 1. The lowest BCUT2D eigenvalue weighted by molar-refractivity contribution is 0.0599. The Hall–Kier alpha value is -2.43. The molecular weight excluding hydrogens is 261 g/mol. The largest absolute Gasteiger partial charge is 0.465 e. The Bertz CT molecular complexity index is 707. The van der Waals surface area contributed by atoms with Gasteiger partial charge >= 0.3 is 5.97 Å². The van der Waals surface area contributed by atoms with Crippen LogP contribution in [0.2, 0.25) is 0 Å². The van der Waals surface area contributed by atoms with Crippen molar-refractivity contribution in [1.82, 2.24) is 4.98 Å². The van der Waals surface area contributed by atoms with Crippen LogP contribution in [0.3, 0.4) is 0 Å². The van der Waals surface area contributed by atoms with Crippen LogP contribution in [0.4, 0.5) is 4.39 Å². The predicted octanol–water partition coefficient (Wildman–Crippen LogP) is 2.20. The summed E-state index contributed by atoms with van der Waals surface area (Å²) in [5.74, 6) is -0.876. The normalized spacial score (nSPS) is 10.3.